The fourth-order valence-corrected chi connectivity index (χ4v) is 1.23. The first-order valence-electron chi connectivity index (χ1n) is 4.90. The minimum absolute atomic E-state index is 0.0333. The highest BCUT2D eigenvalue weighted by atomic mass is 19.1. The molecule has 0 fully saturated rings. The van der Waals surface area contributed by atoms with Gasteiger partial charge in [-0.1, -0.05) is 11.6 Å². The molecule has 2 N–H and O–H groups in total. The van der Waals surface area contributed by atoms with E-state index in [-0.39, 0.29) is 5.75 Å². The summed E-state index contributed by atoms with van der Waals surface area (Å²) in [7, 11) is 0. The molecule has 82 valence electrons. The number of aromatic hydroxyl groups is 1. The molecule has 0 amide bonds. The summed E-state index contributed by atoms with van der Waals surface area (Å²) in [6, 6.07) is 4.06. The zero-order valence-corrected chi connectivity index (χ0v) is 9.05. The predicted molar refractivity (Wildman–Crippen MR) is 59.2 cm³/mol. The maximum Gasteiger partial charge on any atom is 0.127 e. The van der Waals surface area contributed by atoms with Crippen LogP contribution < -0.4 is 5.32 Å². The highest BCUT2D eigenvalue weighted by Gasteiger charge is 1.98. The van der Waals surface area contributed by atoms with Gasteiger partial charge < -0.3 is 10.4 Å². The minimum Gasteiger partial charge on any atom is -0.508 e. The SMILES string of the molecule is CC(C)=CCNCc1cc(O)cc(F)c1. The molecule has 0 aliphatic heterocycles. The molecule has 1 aromatic rings. The molecule has 0 radical (unpaired) electrons. The van der Waals surface area contributed by atoms with E-state index in [9.17, 15) is 4.39 Å². The molecule has 0 aliphatic carbocycles. The Morgan fingerprint density at radius 3 is 2.73 bits per heavy atom. The molecule has 15 heavy (non-hydrogen) atoms. The number of phenolic OH excluding ortho intramolecular Hbond substituents is 1. The quantitative estimate of drug-likeness (QED) is 0.590. The largest absolute Gasteiger partial charge is 0.508 e. The fourth-order valence-electron chi connectivity index (χ4n) is 1.23. The lowest BCUT2D eigenvalue weighted by Crippen LogP contribution is -2.13. The summed E-state index contributed by atoms with van der Waals surface area (Å²) in [5, 5.41) is 12.3. The molecule has 0 spiro atoms. The fraction of sp³-hybridized carbons (Fsp3) is 0.333. The second kappa shape index (κ2) is 5.51. The molecular weight excluding hydrogens is 193 g/mol. The predicted octanol–water partition coefficient (Wildman–Crippen LogP) is 2.59. The summed E-state index contributed by atoms with van der Waals surface area (Å²) in [6.07, 6.45) is 2.05. The highest BCUT2D eigenvalue weighted by molar-refractivity contribution is 5.28. The molecule has 0 saturated heterocycles. The smallest absolute Gasteiger partial charge is 0.127 e. The molecule has 0 unspecified atom stereocenters. The molecule has 1 rings (SSSR count). The summed E-state index contributed by atoms with van der Waals surface area (Å²) < 4.78 is 12.9. The van der Waals surface area contributed by atoms with Crippen LogP contribution in [0.5, 0.6) is 5.75 Å². The Hall–Kier alpha value is -1.35. The summed E-state index contributed by atoms with van der Waals surface area (Å²) in [6.45, 7) is 5.35. The van der Waals surface area contributed by atoms with Crippen molar-refractivity contribution in [2.75, 3.05) is 6.54 Å². The molecule has 1 aromatic carbocycles. The van der Waals surface area contributed by atoms with Crippen molar-refractivity contribution in [2.24, 2.45) is 0 Å². The Labute approximate surface area is 89.4 Å². The lowest BCUT2D eigenvalue weighted by Gasteiger charge is -2.03. The molecule has 0 aromatic heterocycles. The minimum atomic E-state index is -0.408. The van der Waals surface area contributed by atoms with Crippen LogP contribution in [0.4, 0.5) is 4.39 Å². The van der Waals surface area contributed by atoms with Gasteiger partial charge in [-0.25, -0.2) is 4.39 Å². The first-order chi connectivity index (χ1) is 7.08. The third-order valence-corrected chi connectivity index (χ3v) is 1.93. The molecule has 2 nitrogen and oxygen atoms in total. The average molecular weight is 209 g/mol. The van der Waals surface area contributed by atoms with Crippen molar-refractivity contribution in [1.29, 1.82) is 0 Å². The number of nitrogens with one attached hydrogen (secondary N) is 1. The maximum atomic E-state index is 12.9. The number of phenols is 1. The molecule has 0 saturated carbocycles. The number of rotatable bonds is 4. The van der Waals surface area contributed by atoms with Gasteiger partial charge in [-0.3, -0.25) is 0 Å². The van der Waals surface area contributed by atoms with E-state index >= 15 is 0 Å². The highest BCUT2D eigenvalue weighted by Crippen LogP contribution is 2.14. The van der Waals surface area contributed by atoms with Gasteiger partial charge in [0.1, 0.15) is 11.6 Å². The van der Waals surface area contributed by atoms with E-state index in [1.54, 1.807) is 6.07 Å². The van der Waals surface area contributed by atoms with Gasteiger partial charge in [-0.05, 0) is 31.5 Å². The summed E-state index contributed by atoms with van der Waals surface area (Å²) in [5.41, 5.74) is 1.99. The van der Waals surface area contributed by atoms with E-state index in [1.807, 2.05) is 13.8 Å². The van der Waals surface area contributed by atoms with E-state index in [1.165, 1.54) is 11.6 Å². The lowest BCUT2D eigenvalue weighted by molar-refractivity contribution is 0.467. The van der Waals surface area contributed by atoms with Crippen LogP contribution in [0.1, 0.15) is 19.4 Å². The van der Waals surface area contributed by atoms with E-state index in [4.69, 9.17) is 5.11 Å². The van der Waals surface area contributed by atoms with Crippen LogP contribution in [0.2, 0.25) is 0 Å². The van der Waals surface area contributed by atoms with Crippen LogP contribution in [0.15, 0.2) is 29.8 Å². The lowest BCUT2D eigenvalue weighted by atomic mass is 10.2. The molecule has 0 heterocycles. The summed E-state index contributed by atoms with van der Waals surface area (Å²) in [5.74, 6) is -0.442. The van der Waals surface area contributed by atoms with Gasteiger partial charge in [0.25, 0.3) is 0 Å². The van der Waals surface area contributed by atoms with Crippen molar-refractivity contribution in [2.45, 2.75) is 20.4 Å². The molecule has 0 bridgehead atoms. The summed E-state index contributed by atoms with van der Waals surface area (Å²) >= 11 is 0. The first kappa shape index (κ1) is 11.7. The van der Waals surface area contributed by atoms with Crippen molar-refractivity contribution < 1.29 is 9.50 Å². The van der Waals surface area contributed by atoms with E-state index in [2.05, 4.69) is 11.4 Å². The van der Waals surface area contributed by atoms with Crippen LogP contribution in [-0.2, 0) is 6.54 Å². The van der Waals surface area contributed by atoms with Gasteiger partial charge in [0.05, 0.1) is 0 Å². The van der Waals surface area contributed by atoms with Crippen molar-refractivity contribution in [3.63, 3.8) is 0 Å². The van der Waals surface area contributed by atoms with E-state index in [0.29, 0.717) is 6.54 Å². The van der Waals surface area contributed by atoms with Gasteiger partial charge in [-0.2, -0.15) is 0 Å². The van der Waals surface area contributed by atoms with Crippen molar-refractivity contribution in [1.82, 2.24) is 5.32 Å². The van der Waals surface area contributed by atoms with Gasteiger partial charge >= 0.3 is 0 Å². The normalized spacial score (nSPS) is 10.1. The van der Waals surface area contributed by atoms with Gasteiger partial charge in [-0.15, -0.1) is 0 Å². The zero-order chi connectivity index (χ0) is 11.3. The Kier molecular flexibility index (Phi) is 4.31. The Balaban J connectivity index is 2.47. The molecule has 0 atom stereocenters. The monoisotopic (exact) mass is 209 g/mol. The average Bonchev–Trinajstić information content (AvgIpc) is 2.10. The van der Waals surface area contributed by atoms with Gasteiger partial charge in [0, 0.05) is 19.2 Å². The van der Waals surface area contributed by atoms with Crippen LogP contribution in [-0.4, -0.2) is 11.7 Å². The van der Waals surface area contributed by atoms with Crippen molar-refractivity contribution in [3.05, 3.63) is 41.2 Å². The van der Waals surface area contributed by atoms with Crippen LogP contribution in [0.3, 0.4) is 0 Å². The number of hydrogen-bond acceptors (Lipinski definition) is 2. The first-order valence-corrected chi connectivity index (χ1v) is 4.90. The topological polar surface area (TPSA) is 32.3 Å². The third-order valence-electron chi connectivity index (χ3n) is 1.93. The molecular formula is C12H16FNO. The molecule has 0 aliphatic rings. The zero-order valence-electron chi connectivity index (χ0n) is 9.05. The third kappa shape index (κ3) is 4.61. The van der Waals surface area contributed by atoms with Crippen LogP contribution >= 0.6 is 0 Å². The maximum absolute atomic E-state index is 12.9. The number of allylic oxidation sites excluding steroid dienone is 1. The van der Waals surface area contributed by atoms with Gasteiger partial charge in [0.2, 0.25) is 0 Å². The number of halogens is 1. The number of benzene rings is 1. The van der Waals surface area contributed by atoms with Crippen molar-refractivity contribution >= 4 is 0 Å². The standard InChI is InChI=1S/C12H16FNO/c1-9(2)3-4-14-8-10-5-11(13)7-12(15)6-10/h3,5-7,14-15H,4,8H2,1-2H3. The Bertz CT molecular complexity index is 336. The second-order valence-corrected chi connectivity index (χ2v) is 3.73. The second-order valence-electron chi connectivity index (χ2n) is 3.73. The van der Waals surface area contributed by atoms with E-state index in [0.717, 1.165) is 18.2 Å². The molecule has 3 heteroatoms. The van der Waals surface area contributed by atoms with Crippen molar-refractivity contribution in [3.8, 4) is 5.75 Å². The van der Waals surface area contributed by atoms with Crippen LogP contribution in [0.25, 0.3) is 0 Å². The number of hydrogen-bond donors (Lipinski definition) is 2. The summed E-state index contributed by atoms with van der Waals surface area (Å²) in [4.78, 5) is 0. The Morgan fingerprint density at radius 1 is 1.40 bits per heavy atom. The Morgan fingerprint density at radius 2 is 2.13 bits per heavy atom. The van der Waals surface area contributed by atoms with Gasteiger partial charge in [0.15, 0.2) is 0 Å². The van der Waals surface area contributed by atoms with Crippen LogP contribution in [0, 0.1) is 5.82 Å². The van der Waals surface area contributed by atoms with E-state index < -0.39 is 5.82 Å².